The molecule has 0 aromatic rings. The highest BCUT2D eigenvalue weighted by Gasteiger charge is 2.26. The van der Waals surface area contributed by atoms with Crippen molar-refractivity contribution < 1.29 is 4.39 Å². The van der Waals surface area contributed by atoms with Gasteiger partial charge in [-0.1, -0.05) is 0 Å². The SMILES string of the molecule is CN1CC[C@H](CC#N)[C@H](F)C1. The molecule has 0 spiro atoms. The first-order valence-corrected chi connectivity index (χ1v) is 3.93. The zero-order valence-corrected chi connectivity index (χ0v) is 6.76. The smallest absolute Gasteiger partial charge is 0.117 e. The summed E-state index contributed by atoms with van der Waals surface area (Å²) in [4.78, 5) is 1.97. The van der Waals surface area contributed by atoms with Gasteiger partial charge < -0.3 is 4.90 Å². The number of likely N-dealkylation sites (tertiary alicyclic amines) is 1. The van der Waals surface area contributed by atoms with Crippen LogP contribution in [-0.4, -0.2) is 31.2 Å². The van der Waals surface area contributed by atoms with Crippen LogP contribution in [-0.2, 0) is 0 Å². The fourth-order valence-corrected chi connectivity index (χ4v) is 1.45. The first-order chi connectivity index (χ1) is 5.24. The van der Waals surface area contributed by atoms with E-state index >= 15 is 0 Å². The molecule has 11 heavy (non-hydrogen) atoms. The average molecular weight is 156 g/mol. The Morgan fingerprint density at radius 3 is 3.00 bits per heavy atom. The van der Waals surface area contributed by atoms with Gasteiger partial charge in [0.05, 0.1) is 6.07 Å². The van der Waals surface area contributed by atoms with Crippen LogP contribution < -0.4 is 0 Å². The number of alkyl halides is 1. The van der Waals surface area contributed by atoms with Gasteiger partial charge in [0.15, 0.2) is 0 Å². The number of nitrogens with zero attached hydrogens (tertiary/aromatic N) is 2. The summed E-state index contributed by atoms with van der Waals surface area (Å²) in [6.07, 6.45) is 0.397. The van der Waals surface area contributed by atoms with Crippen molar-refractivity contribution in [2.75, 3.05) is 20.1 Å². The van der Waals surface area contributed by atoms with E-state index in [9.17, 15) is 4.39 Å². The Morgan fingerprint density at radius 1 is 1.73 bits per heavy atom. The second-order valence-corrected chi connectivity index (χ2v) is 3.19. The number of nitriles is 1. The minimum absolute atomic E-state index is 0.0174. The molecule has 0 unspecified atom stereocenters. The summed E-state index contributed by atoms with van der Waals surface area (Å²) in [6, 6.07) is 2.02. The summed E-state index contributed by atoms with van der Waals surface area (Å²) in [7, 11) is 1.91. The van der Waals surface area contributed by atoms with Gasteiger partial charge in [-0.2, -0.15) is 5.26 Å². The van der Waals surface area contributed by atoms with Gasteiger partial charge in [-0.15, -0.1) is 0 Å². The molecule has 3 heteroatoms. The molecule has 0 aromatic heterocycles. The summed E-state index contributed by atoms with van der Waals surface area (Å²) < 4.78 is 13.1. The van der Waals surface area contributed by atoms with Crippen molar-refractivity contribution >= 4 is 0 Å². The standard InChI is InChI=1S/C8H13FN2/c1-11-5-3-7(2-4-10)8(9)6-11/h7-8H,2-3,5-6H2,1H3/t7-,8+/m0/s1. The number of rotatable bonds is 1. The van der Waals surface area contributed by atoms with Gasteiger partial charge in [0, 0.05) is 18.9 Å². The van der Waals surface area contributed by atoms with Gasteiger partial charge in [-0.05, 0) is 20.0 Å². The van der Waals surface area contributed by atoms with E-state index in [0.717, 1.165) is 13.0 Å². The first-order valence-electron chi connectivity index (χ1n) is 3.93. The van der Waals surface area contributed by atoms with Crippen LogP contribution >= 0.6 is 0 Å². The Kier molecular flexibility index (Phi) is 2.84. The quantitative estimate of drug-likeness (QED) is 0.570. The second-order valence-electron chi connectivity index (χ2n) is 3.19. The van der Waals surface area contributed by atoms with E-state index in [1.807, 2.05) is 18.0 Å². The highest BCUT2D eigenvalue weighted by Crippen LogP contribution is 2.21. The van der Waals surface area contributed by atoms with Crippen LogP contribution in [0.5, 0.6) is 0 Å². The molecule has 1 aliphatic heterocycles. The Hall–Kier alpha value is -0.620. The Morgan fingerprint density at radius 2 is 2.45 bits per heavy atom. The predicted octanol–water partition coefficient (Wildman–Crippen LogP) is 1.19. The molecule has 0 N–H and O–H groups in total. The Balaban J connectivity index is 2.39. The minimum atomic E-state index is -0.798. The molecule has 62 valence electrons. The molecular formula is C8H13FN2. The normalized spacial score (nSPS) is 33.2. The number of halogens is 1. The topological polar surface area (TPSA) is 27.0 Å². The van der Waals surface area contributed by atoms with Crippen molar-refractivity contribution in [2.24, 2.45) is 5.92 Å². The zero-order valence-electron chi connectivity index (χ0n) is 6.76. The summed E-state index contributed by atoms with van der Waals surface area (Å²) in [5, 5.41) is 8.37. The van der Waals surface area contributed by atoms with E-state index in [0.29, 0.717) is 13.0 Å². The third-order valence-corrected chi connectivity index (χ3v) is 2.23. The number of hydrogen-bond acceptors (Lipinski definition) is 2. The molecule has 1 saturated heterocycles. The fourth-order valence-electron chi connectivity index (χ4n) is 1.45. The predicted molar refractivity (Wildman–Crippen MR) is 40.7 cm³/mol. The molecule has 0 aromatic carbocycles. The van der Waals surface area contributed by atoms with Gasteiger partial charge >= 0.3 is 0 Å². The van der Waals surface area contributed by atoms with E-state index in [2.05, 4.69) is 0 Å². The lowest BCUT2D eigenvalue weighted by Crippen LogP contribution is -2.39. The first kappa shape index (κ1) is 8.48. The molecule has 1 fully saturated rings. The summed E-state index contributed by atoms with van der Waals surface area (Å²) in [5.41, 5.74) is 0. The van der Waals surface area contributed by atoms with E-state index in [4.69, 9.17) is 5.26 Å². The largest absolute Gasteiger partial charge is 0.303 e. The Bertz CT molecular complexity index is 164. The van der Waals surface area contributed by atoms with Gasteiger partial charge in [-0.3, -0.25) is 0 Å². The van der Waals surface area contributed by atoms with E-state index in [-0.39, 0.29) is 5.92 Å². The molecule has 1 rings (SSSR count). The van der Waals surface area contributed by atoms with Crippen molar-refractivity contribution in [1.82, 2.24) is 4.90 Å². The molecule has 0 saturated carbocycles. The molecule has 0 amide bonds. The molecule has 1 heterocycles. The monoisotopic (exact) mass is 156 g/mol. The van der Waals surface area contributed by atoms with Gasteiger partial charge in [0.1, 0.15) is 6.17 Å². The summed E-state index contributed by atoms with van der Waals surface area (Å²) >= 11 is 0. The van der Waals surface area contributed by atoms with Crippen LogP contribution in [0.3, 0.4) is 0 Å². The highest BCUT2D eigenvalue weighted by atomic mass is 19.1. The van der Waals surface area contributed by atoms with Crippen molar-refractivity contribution in [1.29, 1.82) is 5.26 Å². The lowest BCUT2D eigenvalue weighted by molar-refractivity contribution is 0.105. The maximum atomic E-state index is 13.1. The van der Waals surface area contributed by atoms with Crippen LogP contribution in [0.15, 0.2) is 0 Å². The van der Waals surface area contributed by atoms with Crippen molar-refractivity contribution in [3.8, 4) is 6.07 Å². The Labute approximate surface area is 66.6 Å². The maximum absolute atomic E-state index is 13.1. The van der Waals surface area contributed by atoms with Crippen LogP contribution in [0, 0.1) is 17.2 Å². The maximum Gasteiger partial charge on any atom is 0.117 e. The van der Waals surface area contributed by atoms with Gasteiger partial charge in [-0.25, -0.2) is 4.39 Å². The van der Waals surface area contributed by atoms with Crippen molar-refractivity contribution in [3.05, 3.63) is 0 Å². The summed E-state index contributed by atoms with van der Waals surface area (Å²) in [5.74, 6) is -0.0174. The zero-order chi connectivity index (χ0) is 8.27. The lowest BCUT2D eigenvalue weighted by atomic mass is 9.93. The van der Waals surface area contributed by atoms with E-state index in [1.54, 1.807) is 0 Å². The third-order valence-electron chi connectivity index (χ3n) is 2.23. The molecule has 2 nitrogen and oxygen atoms in total. The average Bonchev–Trinajstić information content (AvgIpc) is 1.95. The van der Waals surface area contributed by atoms with E-state index < -0.39 is 6.17 Å². The molecule has 0 radical (unpaired) electrons. The molecule has 2 atom stereocenters. The lowest BCUT2D eigenvalue weighted by Gasteiger charge is -2.30. The van der Waals surface area contributed by atoms with Crippen LogP contribution in [0.1, 0.15) is 12.8 Å². The summed E-state index contributed by atoms with van der Waals surface area (Å²) in [6.45, 7) is 1.42. The molecule has 1 aliphatic rings. The van der Waals surface area contributed by atoms with Crippen molar-refractivity contribution in [3.63, 3.8) is 0 Å². The van der Waals surface area contributed by atoms with Crippen molar-refractivity contribution in [2.45, 2.75) is 19.0 Å². The van der Waals surface area contributed by atoms with E-state index in [1.165, 1.54) is 0 Å². The highest BCUT2D eigenvalue weighted by molar-refractivity contribution is 4.85. The van der Waals surface area contributed by atoms with Gasteiger partial charge in [0.25, 0.3) is 0 Å². The fraction of sp³-hybridized carbons (Fsp3) is 0.875. The number of hydrogen-bond donors (Lipinski definition) is 0. The third kappa shape index (κ3) is 2.16. The number of piperidine rings is 1. The van der Waals surface area contributed by atoms with Crippen LogP contribution in [0.2, 0.25) is 0 Å². The molecular weight excluding hydrogens is 143 g/mol. The minimum Gasteiger partial charge on any atom is -0.303 e. The molecule has 0 aliphatic carbocycles. The van der Waals surface area contributed by atoms with Crippen LogP contribution in [0.25, 0.3) is 0 Å². The molecule has 0 bridgehead atoms. The van der Waals surface area contributed by atoms with Crippen LogP contribution in [0.4, 0.5) is 4.39 Å². The van der Waals surface area contributed by atoms with Gasteiger partial charge in [0.2, 0.25) is 0 Å². The second kappa shape index (κ2) is 3.68.